The largest absolute Gasteiger partial charge is 0.447 e. The molecule has 1 aromatic heterocycles. The molecule has 0 aromatic carbocycles. The van der Waals surface area contributed by atoms with Crippen LogP contribution < -0.4 is 5.32 Å². The summed E-state index contributed by atoms with van der Waals surface area (Å²) in [5.74, 6) is 0.385. The van der Waals surface area contributed by atoms with Crippen molar-refractivity contribution in [3.8, 4) is 0 Å². The Morgan fingerprint density at radius 3 is 2.60 bits per heavy atom. The molecule has 5 nitrogen and oxygen atoms in total. The van der Waals surface area contributed by atoms with Crippen molar-refractivity contribution in [2.24, 2.45) is 0 Å². The van der Waals surface area contributed by atoms with Crippen molar-refractivity contribution >= 4 is 10.0 Å². The molecule has 1 heterocycles. The summed E-state index contributed by atoms with van der Waals surface area (Å²) >= 11 is 0. The van der Waals surface area contributed by atoms with E-state index >= 15 is 0 Å². The van der Waals surface area contributed by atoms with Crippen LogP contribution in [-0.2, 0) is 16.6 Å². The number of nitrogens with one attached hydrogen (secondary N) is 1. The number of alkyl halides is 3. The molecule has 1 N–H and O–H groups in total. The second-order valence-corrected chi connectivity index (χ2v) is 6.73. The Hall–Kier alpha value is -1.06. The summed E-state index contributed by atoms with van der Waals surface area (Å²) in [6.45, 7) is -1.19. The molecule has 0 aliphatic heterocycles. The van der Waals surface area contributed by atoms with Gasteiger partial charge in [-0.3, -0.25) is 0 Å². The Morgan fingerprint density at radius 1 is 1.40 bits per heavy atom. The molecular formula is C11H15F3N2O3S. The molecule has 0 unspecified atom stereocenters. The highest BCUT2D eigenvalue weighted by Gasteiger charge is 2.36. The third-order valence-electron chi connectivity index (χ3n) is 2.85. The molecule has 0 spiro atoms. The van der Waals surface area contributed by atoms with E-state index in [0.29, 0.717) is 18.3 Å². The molecule has 0 atom stereocenters. The predicted octanol–water partition coefficient (Wildman–Crippen LogP) is 1.71. The lowest BCUT2D eigenvalue weighted by atomic mass is 10.4. The first-order valence-electron chi connectivity index (χ1n) is 6.04. The lowest BCUT2D eigenvalue weighted by molar-refractivity contribution is -0.134. The van der Waals surface area contributed by atoms with Crippen molar-refractivity contribution in [3.05, 3.63) is 17.9 Å². The van der Waals surface area contributed by atoms with Crippen LogP contribution in [0.4, 0.5) is 13.2 Å². The van der Waals surface area contributed by atoms with Crippen LogP contribution in [0, 0.1) is 0 Å². The second kappa shape index (κ2) is 5.38. The minimum absolute atomic E-state index is 0.226. The van der Waals surface area contributed by atoms with Crippen LogP contribution in [0.15, 0.2) is 21.6 Å². The van der Waals surface area contributed by atoms with Crippen LogP contribution in [0.25, 0.3) is 0 Å². The van der Waals surface area contributed by atoms with Gasteiger partial charge in [-0.15, -0.1) is 0 Å². The highest BCUT2D eigenvalue weighted by Crippen LogP contribution is 2.23. The first kappa shape index (κ1) is 15.3. The molecule has 1 aliphatic carbocycles. The van der Waals surface area contributed by atoms with Gasteiger partial charge in [0.05, 0.1) is 6.54 Å². The first-order valence-corrected chi connectivity index (χ1v) is 7.48. The van der Waals surface area contributed by atoms with Crippen LogP contribution in [0.3, 0.4) is 0 Å². The molecule has 1 aliphatic rings. The van der Waals surface area contributed by atoms with E-state index in [1.165, 1.54) is 12.1 Å². The van der Waals surface area contributed by atoms with Crippen LogP contribution in [0.2, 0.25) is 0 Å². The summed E-state index contributed by atoms with van der Waals surface area (Å²) in [4.78, 5) is 0. The molecule has 1 saturated carbocycles. The second-order valence-electron chi connectivity index (χ2n) is 4.75. The van der Waals surface area contributed by atoms with E-state index in [0.717, 1.165) is 19.9 Å². The van der Waals surface area contributed by atoms with E-state index in [-0.39, 0.29) is 4.31 Å². The van der Waals surface area contributed by atoms with Gasteiger partial charge in [-0.05, 0) is 25.0 Å². The van der Waals surface area contributed by atoms with Gasteiger partial charge in [0.25, 0.3) is 10.0 Å². The third-order valence-corrected chi connectivity index (χ3v) is 4.52. The van der Waals surface area contributed by atoms with Gasteiger partial charge in [-0.25, -0.2) is 8.42 Å². The van der Waals surface area contributed by atoms with E-state index in [4.69, 9.17) is 4.42 Å². The van der Waals surface area contributed by atoms with Gasteiger partial charge in [0.2, 0.25) is 5.09 Å². The van der Waals surface area contributed by atoms with Gasteiger partial charge in [0, 0.05) is 13.1 Å². The number of nitrogens with zero attached hydrogens (tertiary/aromatic N) is 1. The molecule has 9 heteroatoms. The zero-order chi connectivity index (χ0) is 15.0. The Kier molecular flexibility index (Phi) is 4.12. The van der Waals surface area contributed by atoms with Crippen molar-refractivity contribution in [1.29, 1.82) is 0 Å². The SMILES string of the molecule is CN(CC(F)(F)F)S(=O)(=O)c1ccc(CNC2CC2)o1. The molecule has 1 fully saturated rings. The van der Waals surface area contributed by atoms with Gasteiger partial charge in [-0.2, -0.15) is 17.5 Å². The number of hydrogen-bond donors (Lipinski definition) is 1. The topological polar surface area (TPSA) is 62.6 Å². The van der Waals surface area contributed by atoms with Crippen LogP contribution in [0.1, 0.15) is 18.6 Å². The van der Waals surface area contributed by atoms with E-state index in [1.54, 1.807) is 0 Å². The molecule has 0 saturated heterocycles. The van der Waals surface area contributed by atoms with Crippen LogP contribution in [0.5, 0.6) is 0 Å². The summed E-state index contributed by atoms with van der Waals surface area (Å²) < 4.78 is 65.8. The maximum Gasteiger partial charge on any atom is 0.402 e. The minimum Gasteiger partial charge on any atom is -0.447 e. The fourth-order valence-corrected chi connectivity index (χ4v) is 2.69. The summed E-state index contributed by atoms with van der Waals surface area (Å²) in [6, 6.07) is 3.04. The molecule has 2 rings (SSSR count). The fourth-order valence-electron chi connectivity index (χ4n) is 1.62. The number of sulfonamides is 1. The van der Waals surface area contributed by atoms with E-state index in [1.807, 2.05) is 0 Å². The minimum atomic E-state index is -4.59. The van der Waals surface area contributed by atoms with E-state index in [2.05, 4.69) is 5.32 Å². The van der Waals surface area contributed by atoms with Gasteiger partial charge < -0.3 is 9.73 Å². The van der Waals surface area contributed by atoms with Crippen molar-refractivity contribution < 1.29 is 26.0 Å². The quantitative estimate of drug-likeness (QED) is 0.869. The lowest BCUT2D eigenvalue weighted by Gasteiger charge is -2.17. The number of furan rings is 1. The summed E-state index contributed by atoms with van der Waals surface area (Å²) in [5.41, 5.74) is 0. The molecule has 0 radical (unpaired) electrons. The Morgan fingerprint density at radius 2 is 2.05 bits per heavy atom. The zero-order valence-corrected chi connectivity index (χ0v) is 11.6. The lowest BCUT2D eigenvalue weighted by Crippen LogP contribution is -2.35. The smallest absolute Gasteiger partial charge is 0.402 e. The zero-order valence-electron chi connectivity index (χ0n) is 10.8. The van der Waals surface area contributed by atoms with Gasteiger partial charge in [-0.1, -0.05) is 0 Å². The number of halogens is 3. The molecule has 1 aromatic rings. The summed E-state index contributed by atoms with van der Waals surface area (Å²) in [5, 5.41) is 2.65. The monoisotopic (exact) mass is 312 g/mol. The van der Waals surface area contributed by atoms with Gasteiger partial charge in [0.15, 0.2) is 0 Å². The highest BCUT2D eigenvalue weighted by atomic mass is 32.2. The summed E-state index contributed by atoms with van der Waals surface area (Å²) in [7, 11) is -3.39. The van der Waals surface area contributed by atoms with E-state index in [9.17, 15) is 21.6 Å². The maximum absolute atomic E-state index is 12.2. The molecule has 20 heavy (non-hydrogen) atoms. The standard InChI is InChI=1S/C11H15F3N2O3S/c1-16(7-11(12,13)14)20(17,18)10-5-4-9(19-10)6-15-8-2-3-8/h4-5,8,15H,2-3,6-7H2,1H3. The molecule has 114 valence electrons. The van der Waals surface area contributed by atoms with Crippen LogP contribution in [-0.4, -0.2) is 38.5 Å². The summed E-state index contributed by atoms with van der Waals surface area (Å²) in [6.07, 6.45) is -2.45. The van der Waals surface area contributed by atoms with E-state index < -0.39 is 27.8 Å². The Balaban J connectivity index is 2.04. The fraction of sp³-hybridized carbons (Fsp3) is 0.636. The Bertz CT molecular complexity index is 564. The molecular weight excluding hydrogens is 297 g/mol. The van der Waals surface area contributed by atoms with Crippen molar-refractivity contribution in [2.45, 2.75) is 36.7 Å². The average molecular weight is 312 g/mol. The number of hydrogen-bond acceptors (Lipinski definition) is 4. The molecule has 0 bridgehead atoms. The van der Waals surface area contributed by atoms with Crippen molar-refractivity contribution in [2.75, 3.05) is 13.6 Å². The van der Waals surface area contributed by atoms with Crippen molar-refractivity contribution in [3.63, 3.8) is 0 Å². The van der Waals surface area contributed by atoms with Crippen molar-refractivity contribution in [1.82, 2.24) is 9.62 Å². The first-order chi connectivity index (χ1) is 9.18. The predicted molar refractivity (Wildman–Crippen MR) is 64.4 cm³/mol. The third kappa shape index (κ3) is 3.97. The van der Waals surface area contributed by atoms with Gasteiger partial charge in [0.1, 0.15) is 12.3 Å². The Labute approximate surface area is 114 Å². The average Bonchev–Trinajstić information content (AvgIpc) is 3.01. The van der Waals surface area contributed by atoms with Gasteiger partial charge >= 0.3 is 6.18 Å². The number of rotatable bonds is 6. The maximum atomic E-state index is 12.2. The normalized spacial score (nSPS) is 16.9. The van der Waals surface area contributed by atoms with Crippen LogP contribution >= 0.6 is 0 Å². The highest BCUT2D eigenvalue weighted by molar-refractivity contribution is 7.89. The molecule has 0 amide bonds.